The van der Waals surface area contributed by atoms with Crippen LogP contribution in [0.1, 0.15) is 41.9 Å². The van der Waals surface area contributed by atoms with Crippen LogP contribution in [0.25, 0.3) is 0 Å². The number of nitrogens with one attached hydrogen (secondary N) is 2. The smallest absolute Gasteiger partial charge is 0.232 e. The van der Waals surface area contributed by atoms with Gasteiger partial charge in [-0.2, -0.15) is 0 Å². The molecule has 3 aromatic rings. The first kappa shape index (κ1) is 24.1. The highest BCUT2D eigenvalue weighted by Gasteiger charge is 2.33. The van der Waals surface area contributed by atoms with Crippen molar-refractivity contribution in [1.82, 2.24) is 5.32 Å². The number of ether oxygens (including phenoxy) is 1. The van der Waals surface area contributed by atoms with Crippen molar-refractivity contribution >= 4 is 40.7 Å². The number of amides is 2. The van der Waals surface area contributed by atoms with E-state index in [-0.39, 0.29) is 30.2 Å². The number of carbonyl (C=O) groups excluding carboxylic acids is 2. The van der Waals surface area contributed by atoms with Crippen molar-refractivity contribution in [1.29, 1.82) is 0 Å². The molecule has 0 aromatic heterocycles. The van der Waals surface area contributed by atoms with Crippen molar-refractivity contribution < 1.29 is 14.3 Å². The summed E-state index contributed by atoms with van der Waals surface area (Å²) in [4.78, 5) is 25.6. The van der Waals surface area contributed by atoms with E-state index in [1.54, 1.807) is 19.2 Å². The number of methoxy groups -OCH3 is 1. The van der Waals surface area contributed by atoms with Gasteiger partial charge in [0.05, 0.1) is 13.0 Å². The number of hydrogen-bond donors (Lipinski definition) is 2. The van der Waals surface area contributed by atoms with Gasteiger partial charge in [-0.3, -0.25) is 9.59 Å². The molecule has 3 atom stereocenters. The molecule has 1 heterocycles. The van der Waals surface area contributed by atoms with Crippen LogP contribution >= 0.6 is 23.2 Å². The Labute approximate surface area is 209 Å². The quantitative estimate of drug-likeness (QED) is 0.404. The van der Waals surface area contributed by atoms with E-state index in [4.69, 9.17) is 27.9 Å². The van der Waals surface area contributed by atoms with Crippen molar-refractivity contribution in [3.05, 3.63) is 93.5 Å². The minimum Gasteiger partial charge on any atom is -0.497 e. The van der Waals surface area contributed by atoms with E-state index < -0.39 is 5.92 Å². The molecule has 3 aromatic carbocycles. The molecule has 0 radical (unpaired) electrons. The molecule has 1 aliphatic heterocycles. The van der Waals surface area contributed by atoms with E-state index in [0.717, 1.165) is 22.4 Å². The molecule has 176 valence electrons. The zero-order valence-electron chi connectivity index (χ0n) is 19.0. The van der Waals surface area contributed by atoms with Crippen LogP contribution in [0.2, 0.25) is 10.0 Å². The van der Waals surface area contributed by atoms with Crippen LogP contribution in [-0.4, -0.2) is 25.0 Å². The molecule has 1 unspecified atom stereocenters. The van der Waals surface area contributed by atoms with Gasteiger partial charge >= 0.3 is 0 Å². The molecule has 2 amide bonds. The summed E-state index contributed by atoms with van der Waals surface area (Å²) in [7, 11) is 1.58. The number of fused-ring (bicyclic) bond motifs is 1. The molecule has 34 heavy (non-hydrogen) atoms. The Morgan fingerprint density at radius 3 is 2.32 bits per heavy atom. The molecule has 7 heteroatoms. The highest BCUT2D eigenvalue weighted by atomic mass is 35.5. The van der Waals surface area contributed by atoms with E-state index in [0.29, 0.717) is 22.2 Å². The number of carbonyl (C=O) groups is 2. The van der Waals surface area contributed by atoms with Gasteiger partial charge in [-0.1, -0.05) is 47.5 Å². The van der Waals surface area contributed by atoms with E-state index in [2.05, 4.69) is 10.6 Å². The highest BCUT2D eigenvalue weighted by molar-refractivity contribution is 6.30. The SMILES string of the molecule is COc1ccc2c(c1)C(CC(=O)N[C@H](C)[C@H](Cc1ccc(Cl)cc1)c1ccc(Cl)cc1)C(=O)N2. The van der Waals surface area contributed by atoms with Crippen LogP contribution in [0, 0.1) is 0 Å². The van der Waals surface area contributed by atoms with Gasteiger partial charge in [0.1, 0.15) is 5.75 Å². The normalized spacial score (nSPS) is 16.4. The maximum Gasteiger partial charge on any atom is 0.232 e. The molecule has 0 spiro atoms. The fourth-order valence-corrected chi connectivity index (χ4v) is 4.65. The Kier molecular flexibility index (Phi) is 7.44. The molecule has 0 aliphatic carbocycles. The van der Waals surface area contributed by atoms with Crippen LogP contribution in [0.3, 0.4) is 0 Å². The topological polar surface area (TPSA) is 67.4 Å². The minimum absolute atomic E-state index is 0.00665. The first-order valence-electron chi connectivity index (χ1n) is 11.1. The van der Waals surface area contributed by atoms with E-state index in [1.807, 2.05) is 61.5 Å². The van der Waals surface area contributed by atoms with Crippen molar-refractivity contribution in [2.24, 2.45) is 0 Å². The van der Waals surface area contributed by atoms with Gasteiger partial charge in [0, 0.05) is 34.1 Å². The third-order valence-corrected chi connectivity index (χ3v) is 6.76. The summed E-state index contributed by atoms with van der Waals surface area (Å²) in [6, 6.07) is 20.6. The Bertz CT molecular complexity index is 1180. The third-order valence-electron chi connectivity index (χ3n) is 6.26. The number of anilines is 1. The fourth-order valence-electron chi connectivity index (χ4n) is 4.40. The standard InChI is InChI=1S/C27H26Cl2N2O3/c1-16(22(18-5-9-20(29)10-6-18)13-17-3-7-19(28)8-4-17)30-26(32)15-24-23-14-21(34-2)11-12-25(23)31-27(24)33/h3-12,14,16,22,24H,13,15H2,1-2H3,(H,30,32)(H,31,33)/t16-,22+,24?/m1/s1. The molecule has 0 fully saturated rings. The van der Waals surface area contributed by atoms with Crippen molar-refractivity contribution in [3.8, 4) is 5.75 Å². The van der Waals surface area contributed by atoms with Gasteiger partial charge in [0.15, 0.2) is 0 Å². The predicted octanol–water partition coefficient (Wildman–Crippen LogP) is 5.96. The lowest BCUT2D eigenvalue weighted by Crippen LogP contribution is -2.39. The Morgan fingerprint density at radius 1 is 1.03 bits per heavy atom. The zero-order valence-corrected chi connectivity index (χ0v) is 20.5. The average molecular weight is 497 g/mol. The predicted molar refractivity (Wildman–Crippen MR) is 136 cm³/mol. The molecule has 5 nitrogen and oxygen atoms in total. The fraction of sp³-hybridized carbons (Fsp3) is 0.259. The van der Waals surface area contributed by atoms with Gasteiger partial charge in [-0.15, -0.1) is 0 Å². The molecule has 1 aliphatic rings. The van der Waals surface area contributed by atoms with Gasteiger partial charge in [-0.05, 0) is 72.5 Å². The summed E-state index contributed by atoms with van der Waals surface area (Å²) in [5, 5.41) is 7.31. The zero-order chi connectivity index (χ0) is 24.2. The number of rotatable bonds is 8. The molecule has 0 saturated heterocycles. The summed E-state index contributed by atoms with van der Waals surface area (Å²) >= 11 is 12.1. The van der Waals surface area contributed by atoms with Crippen LogP contribution < -0.4 is 15.4 Å². The average Bonchev–Trinajstić information content (AvgIpc) is 3.13. The maximum atomic E-state index is 13.0. The monoisotopic (exact) mass is 496 g/mol. The Morgan fingerprint density at radius 2 is 1.68 bits per heavy atom. The molecular weight excluding hydrogens is 471 g/mol. The second-order valence-corrected chi connectivity index (χ2v) is 9.42. The summed E-state index contributed by atoms with van der Waals surface area (Å²) in [5.74, 6) is -0.255. The van der Waals surface area contributed by atoms with Crippen LogP contribution in [0.5, 0.6) is 5.75 Å². The van der Waals surface area contributed by atoms with Crippen LogP contribution in [-0.2, 0) is 16.0 Å². The maximum absolute atomic E-state index is 13.0. The molecule has 2 N–H and O–H groups in total. The Hall–Kier alpha value is -3.02. The van der Waals surface area contributed by atoms with Gasteiger partial charge in [-0.25, -0.2) is 0 Å². The summed E-state index contributed by atoms with van der Waals surface area (Å²) in [6.07, 6.45) is 0.773. The molecular formula is C27H26Cl2N2O3. The lowest BCUT2D eigenvalue weighted by Gasteiger charge is -2.26. The second-order valence-electron chi connectivity index (χ2n) is 8.54. The summed E-state index contributed by atoms with van der Waals surface area (Å²) in [5.41, 5.74) is 3.68. The van der Waals surface area contributed by atoms with E-state index in [9.17, 15) is 9.59 Å². The lowest BCUT2D eigenvalue weighted by molar-refractivity contribution is -0.125. The minimum atomic E-state index is -0.553. The summed E-state index contributed by atoms with van der Waals surface area (Å²) in [6.45, 7) is 1.98. The Balaban J connectivity index is 1.50. The first-order chi connectivity index (χ1) is 16.3. The third kappa shape index (κ3) is 5.54. The first-order valence-corrected chi connectivity index (χ1v) is 11.9. The lowest BCUT2D eigenvalue weighted by atomic mass is 9.86. The second kappa shape index (κ2) is 10.5. The van der Waals surface area contributed by atoms with Gasteiger partial charge in [0.2, 0.25) is 11.8 Å². The molecule has 0 saturated carbocycles. The molecule has 0 bridgehead atoms. The highest BCUT2D eigenvalue weighted by Crippen LogP contribution is 2.37. The van der Waals surface area contributed by atoms with Gasteiger partial charge < -0.3 is 15.4 Å². The number of halogens is 2. The largest absolute Gasteiger partial charge is 0.497 e. The van der Waals surface area contributed by atoms with Crippen molar-refractivity contribution in [3.63, 3.8) is 0 Å². The molecule has 4 rings (SSSR count). The van der Waals surface area contributed by atoms with Crippen molar-refractivity contribution in [2.45, 2.75) is 37.6 Å². The van der Waals surface area contributed by atoms with E-state index in [1.165, 1.54) is 0 Å². The van der Waals surface area contributed by atoms with Crippen molar-refractivity contribution in [2.75, 3.05) is 12.4 Å². The van der Waals surface area contributed by atoms with Crippen LogP contribution in [0.15, 0.2) is 66.7 Å². The number of benzene rings is 3. The summed E-state index contributed by atoms with van der Waals surface area (Å²) < 4.78 is 5.29. The van der Waals surface area contributed by atoms with Crippen LogP contribution in [0.4, 0.5) is 5.69 Å². The van der Waals surface area contributed by atoms with E-state index >= 15 is 0 Å². The van der Waals surface area contributed by atoms with Gasteiger partial charge in [0.25, 0.3) is 0 Å². The number of hydrogen-bond acceptors (Lipinski definition) is 3.